The molecule has 0 unspecified atom stereocenters. The van der Waals surface area contributed by atoms with Crippen LogP contribution in [0.2, 0.25) is 0 Å². The average Bonchev–Trinajstić information content (AvgIpc) is 2.99. The molecule has 0 aliphatic heterocycles. The Morgan fingerprint density at radius 2 is 1.94 bits per heavy atom. The Kier molecular flexibility index (Phi) is 3.12. The van der Waals surface area contributed by atoms with E-state index in [2.05, 4.69) is 10.6 Å². The minimum atomic E-state index is -0.804. The van der Waals surface area contributed by atoms with Gasteiger partial charge in [0.15, 0.2) is 11.6 Å². The van der Waals surface area contributed by atoms with Crippen molar-refractivity contribution >= 4 is 17.3 Å². The Morgan fingerprint density at radius 3 is 2.47 bits per heavy atom. The van der Waals surface area contributed by atoms with Gasteiger partial charge < -0.3 is 16.4 Å². The smallest absolute Gasteiger partial charge is 0.239 e. The van der Waals surface area contributed by atoms with Crippen LogP contribution in [0.15, 0.2) is 12.1 Å². The van der Waals surface area contributed by atoms with Crippen molar-refractivity contribution in [3.63, 3.8) is 0 Å². The molecular weight excluding hydrogens is 228 g/mol. The summed E-state index contributed by atoms with van der Waals surface area (Å²) >= 11 is 0. The highest BCUT2D eigenvalue weighted by atomic mass is 19.1. The molecule has 6 heteroatoms. The molecule has 1 aromatic rings. The van der Waals surface area contributed by atoms with E-state index in [4.69, 9.17) is 5.73 Å². The quantitative estimate of drug-likeness (QED) is 0.695. The number of hydrogen-bond donors (Lipinski definition) is 3. The minimum absolute atomic E-state index is 0.00739. The maximum Gasteiger partial charge on any atom is 0.239 e. The summed E-state index contributed by atoms with van der Waals surface area (Å²) in [5.41, 5.74) is 4.95. The molecule has 0 radical (unpaired) electrons. The molecular formula is C11H13F2N3O. The standard InChI is InChI=1S/C11H13F2N3O/c12-8-3-6(14)4-9(13)11(8)15-5-10(17)16-7-1-2-7/h3-4,7,15H,1-2,5,14H2,(H,16,17). The fourth-order valence-electron chi connectivity index (χ4n) is 1.44. The third-order valence-electron chi connectivity index (χ3n) is 2.43. The zero-order chi connectivity index (χ0) is 12.4. The number of rotatable bonds is 4. The van der Waals surface area contributed by atoms with Crippen molar-refractivity contribution in [1.29, 1.82) is 0 Å². The molecule has 0 heterocycles. The number of nitrogens with two attached hydrogens (primary N) is 1. The van der Waals surface area contributed by atoms with Gasteiger partial charge in [0, 0.05) is 11.7 Å². The van der Waals surface area contributed by atoms with Crippen molar-refractivity contribution in [2.24, 2.45) is 0 Å². The van der Waals surface area contributed by atoms with Gasteiger partial charge in [0.25, 0.3) is 0 Å². The van der Waals surface area contributed by atoms with E-state index in [1.165, 1.54) is 0 Å². The Hall–Kier alpha value is -1.85. The maximum atomic E-state index is 13.3. The lowest BCUT2D eigenvalue weighted by atomic mass is 10.2. The summed E-state index contributed by atoms with van der Waals surface area (Å²) < 4.78 is 26.6. The summed E-state index contributed by atoms with van der Waals surface area (Å²) in [7, 11) is 0. The van der Waals surface area contributed by atoms with Crippen LogP contribution in [0.1, 0.15) is 12.8 Å². The van der Waals surface area contributed by atoms with Gasteiger partial charge in [-0.25, -0.2) is 8.78 Å². The van der Waals surface area contributed by atoms with E-state index in [0.29, 0.717) is 0 Å². The van der Waals surface area contributed by atoms with Crippen LogP contribution in [0.5, 0.6) is 0 Å². The fourth-order valence-corrected chi connectivity index (χ4v) is 1.44. The summed E-state index contributed by atoms with van der Waals surface area (Å²) in [6, 6.07) is 2.24. The van der Waals surface area contributed by atoms with Gasteiger partial charge in [-0.2, -0.15) is 0 Å². The highest BCUT2D eigenvalue weighted by Crippen LogP contribution is 2.22. The number of nitrogen functional groups attached to an aromatic ring is 1. The van der Waals surface area contributed by atoms with Crippen LogP contribution in [0, 0.1) is 11.6 Å². The van der Waals surface area contributed by atoms with Gasteiger partial charge >= 0.3 is 0 Å². The van der Waals surface area contributed by atoms with Gasteiger partial charge in [-0.3, -0.25) is 4.79 Å². The van der Waals surface area contributed by atoms with Crippen molar-refractivity contribution in [3.05, 3.63) is 23.8 Å². The van der Waals surface area contributed by atoms with Gasteiger partial charge in [-0.15, -0.1) is 0 Å². The molecule has 1 aliphatic carbocycles. The molecule has 1 saturated carbocycles. The molecule has 1 fully saturated rings. The predicted octanol–water partition coefficient (Wildman–Crippen LogP) is 1.24. The summed E-state index contributed by atoms with van der Waals surface area (Å²) in [5.74, 6) is -1.88. The van der Waals surface area contributed by atoms with Crippen molar-refractivity contribution < 1.29 is 13.6 Å². The average molecular weight is 241 g/mol. The second-order valence-electron chi connectivity index (χ2n) is 4.05. The van der Waals surface area contributed by atoms with Gasteiger partial charge in [-0.1, -0.05) is 0 Å². The maximum absolute atomic E-state index is 13.3. The number of carbonyl (C=O) groups is 1. The topological polar surface area (TPSA) is 67.1 Å². The second kappa shape index (κ2) is 4.57. The normalized spacial score (nSPS) is 14.5. The van der Waals surface area contributed by atoms with Crippen molar-refractivity contribution in [2.75, 3.05) is 17.6 Å². The van der Waals surface area contributed by atoms with Crippen LogP contribution in [0.25, 0.3) is 0 Å². The third kappa shape index (κ3) is 3.05. The number of halogens is 2. The molecule has 1 aromatic carbocycles. The first-order valence-corrected chi connectivity index (χ1v) is 5.34. The zero-order valence-corrected chi connectivity index (χ0v) is 9.09. The van der Waals surface area contributed by atoms with Crippen LogP contribution in [-0.2, 0) is 4.79 Å². The number of hydrogen-bond acceptors (Lipinski definition) is 3. The van der Waals surface area contributed by atoms with Crippen LogP contribution >= 0.6 is 0 Å². The number of benzene rings is 1. The molecule has 0 saturated heterocycles. The Balaban J connectivity index is 1.95. The van der Waals surface area contributed by atoms with Gasteiger partial charge in [0.2, 0.25) is 5.91 Å². The minimum Gasteiger partial charge on any atom is -0.399 e. The second-order valence-corrected chi connectivity index (χ2v) is 4.05. The summed E-state index contributed by atoms with van der Waals surface area (Å²) in [6.07, 6.45) is 1.94. The third-order valence-corrected chi connectivity index (χ3v) is 2.43. The van der Waals surface area contributed by atoms with E-state index in [1.54, 1.807) is 0 Å². The van der Waals surface area contributed by atoms with Crippen molar-refractivity contribution in [1.82, 2.24) is 5.32 Å². The van der Waals surface area contributed by atoms with E-state index in [1.807, 2.05) is 0 Å². The molecule has 4 nitrogen and oxygen atoms in total. The largest absolute Gasteiger partial charge is 0.399 e. The van der Waals surface area contributed by atoms with E-state index in [0.717, 1.165) is 25.0 Å². The first-order chi connectivity index (χ1) is 8.06. The van der Waals surface area contributed by atoms with Crippen molar-refractivity contribution in [2.45, 2.75) is 18.9 Å². The first kappa shape index (κ1) is 11.6. The molecule has 0 aromatic heterocycles. The lowest BCUT2D eigenvalue weighted by Gasteiger charge is -2.09. The van der Waals surface area contributed by atoms with Gasteiger partial charge in [-0.05, 0) is 25.0 Å². The predicted molar refractivity (Wildman–Crippen MR) is 60.4 cm³/mol. The monoisotopic (exact) mass is 241 g/mol. The van der Waals surface area contributed by atoms with Gasteiger partial charge in [0.1, 0.15) is 5.69 Å². The van der Waals surface area contributed by atoms with Crippen molar-refractivity contribution in [3.8, 4) is 0 Å². The Bertz CT molecular complexity index is 423. The summed E-state index contributed by atoms with van der Waals surface area (Å²) in [5, 5.41) is 5.13. The number of carbonyl (C=O) groups excluding carboxylic acids is 1. The zero-order valence-electron chi connectivity index (χ0n) is 9.09. The molecule has 17 heavy (non-hydrogen) atoms. The molecule has 1 amide bonds. The van der Waals surface area contributed by atoms with Gasteiger partial charge in [0.05, 0.1) is 6.54 Å². The lowest BCUT2D eigenvalue weighted by molar-refractivity contribution is -0.119. The van der Waals surface area contributed by atoms with E-state index in [9.17, 15) is 13.6 Å². The first-order valence-electron chi connectivity index (χ1n) is 5.34. The highest BCUT2D eigenvalue weighted by molar-refractivity contribution is 5.81. The van der Waals surface area contributed by atoms with E-state index >= 15 is 0 Å². The number of nitrogens with one attached hydrogen (secondary N) is 2. The van der Waals surface area contributed by atoms with Crippen LogP contribution < -0.4 is 16.4 Å². The SMILES string of the molecule is Nc1cc(F)c(NCC(=O)NC2CC2)c(F)c1. The Morgan fingerprint density at radius 1 is 1.35 bits per heavy atom. The molecule has 1 aliphatic rings. The number of anilines is 2. The summed E-state index contributed by atoms with van der Waals surface area (Å²) in [4.78, 5) is 11.3. The van der Waals surface area contributed by atoms with E-state index < -0.39 is 11.6 Å². The molecule has 0 spiro atoms. The number of amides is 1. The van der Waals surface area contributed by atoms with Crippen LogP contribution in [0.3, 0.4) is 0 Å². The van der Waals surface area contributed by atoms with E-state index in [-0.39, 0.29) is 29.9 Å². The molecule has 0 atom stereocenters. The molecule has 0 bridgehead atoms. The summed E-state index contributed by atoms with van der Waals surface area (Å²) in [6.45, 7) is -0.158. The Labute approximate surface area is 97.2 Å². The lowest BCUT2D eigenvalue weighted by Crippen LogP contribution is -2.31. The molecule has 2 rings (SSSR count). The fraction of sp³-hybridized carbons (Fsp3) is 0.364. The molecule has 4 N–H and O–H groups in total. The molecule has 92 valence electrons. The highest BCUT2D eigenvalue weighted by Gasteiger charge is 2.23. The van der Waals surface area contributed by atoms with Crippen LogP contribution in [0.4, 0.5) is 20.2 Å². The van der Waals surface area contributed by atoms with Crippen LogP contribution in [-0.4, -0.2) is 18.5 Å².